The minimum absolute atomic E-state index is 0.667. The van der Waals surface area contributed by atoms with E-state index in [1.807, 2.05) is 47.7 Å². The number of hydrogen-bond acceptors (Lipinski definition) is 5. The van der Waals surface area contributed by atoms with Crippen molar-refractivity contribution in [1.29, 1.82) is 0 Å². The lowest BCUT2D eigenvalue weighted by Crippen LogP contribution is -2.00. The Labute approximate surface area is 296 Å². The topological polar surface area (TPSA) is 38.7 Å². The Morgan fingerprint density at radius 3 is 1.58 bits per heavy atom. The molecule has 3 heterocycles. The fraction of sp³-hybridized carbons (Fsp3) is 0. The number of nitrogens with zero attached hydrogens (tertiary/aromatic N) is 3. The van der Waals surface area contributed by atoms with Gasteiger partial charge in [-0.25, -0.2) is 15.0 Å². The Hall–Kier alpha value is -6.01. The summed E-state index contributed by atoms with van der Waals surface area (Å²) in [4.78, 5) is 15.0. The molecule has 0 aliphatic rings. The zero-order valence-electron chi connectivity index (χ0n) is 26.7. The second kappa shape index (κ2) is 11.8. The average Bonchev–Trinajstić information content (AvgIpc) is 3.76. The molecule has 7 aromatic carbocycles. The largest absolute Gasteiger partial charge is 0.208 e. The summed E-state index contributed by atoms with van der Waals surface area (Å²) in [5, 5.41) is 5.06. The summed E-state index contributed by atoms with van der Waals surface area (Å²) in [7, 11) is 0. The quantitative estimate of drug-likeness (QED) is 0.182. The van der Waals surface area contributed by atoms with Crippen molar-refractivity contribution in [3.8, 4) is 56.4 Å². The van der Waals surface area contributed by atoms with Gasteiger partial charge >= 0.3 is 0 Å². The van der Waals surface area contributed by atoms with Gasteiger partial charge in [0.2, 0.25) is 0 Å². The third-order valence-electron chi connectivity index (χ3n) is 9.34. The van der Waals surface area contributed by atoms with Crippen molar-refractivity contribution in [2.24, 2.45) is 0 Å². The van der Waals surface area contributed by atoms with Gasteiger partial charge in [0, 0.05) is 62.6 Å². The molecule has 0 atom stereocenters. The van der Waals surface area contributed by atoms with E-state index in [4.69, 9.17) is 15.0 Å². The zero-order chi connectivity index (χ0) is 33.0. The predicted octanol–water partition coefficient (Wildman–Crippen LogP) is 12.9. The molecule has 0 aliphatic carbocycles. The highest BCUT2D eigenvalue weighted by Crippen LogP contribution is 2.45. The van der Waals surface area contributed by atoms with Crippen molar-refractivity contribution < 1.29 is 0 Å². The molecule has 0 saturated carbocycles. The number of fused-ring (bicyclic) bond motifs is 6. The van der Waals surface area contributed by atoms with Crippen LogP contribution in [0.1, 0.15) is 0 Å². The van der Waals surface area contributed by atoms with Gasteiger partial charge < -0.3 is 0 Å². The van der Waals surface area contributed by atoms with Gasteiger partial charge in [0.25, 0.3) is 0 Å². The smallest absolute Gasteiger partial charge is 0.165 e. The first kappa shape index (κ1) is 29.0. The highest BCUT2D eigenvalue weighted by Gasteiger charge is 2.18. The molecule has 10 rings (SSSR count). The Morgan fingerprint density at radius 1 is 0.300 bits per heavy atom. The van der Waals surface area contributed by atoms with Crippen LogP contribution in [0.2, 0.25) is 0 Å². The maximum Gasteiger partial charge on any atom is 0.165 e. The number of rotatable bonds is 5. The SMILES string of the molecule is c1ccc(-c2nc(-c3ccccc3)nc(-c3cccc4c3sc3cc(-c5cc(-c6ccccc6)c6sc7ccccc7c6c5)ccc34)n2)cc1. The van der Waals surface area contributed by atoms with Crippen molar-refractivity contribution in [1.82, 2.24) is 15.0 Å². The van der Waals surface area contributed by atoms with Crippen LogP contribution in [-0.2, 0) is 0 Å². The second-order valence-electron chi connectivity index (χ2n) is 12.4. The summed E-state index contributed by atoms with van der Waals surface area (Å²) in [5.74, 6) is 2.01. The van der Waals surface area contributed by atoms with Gasteiger partial charge in [-0.05, 0) is 47.0 Å². The fourth-order valence-corrected chi connectivity index (χ4v) is 9.38. The van der Waals surface area contributed by atoms with Gasteiger partial charge in [-0.1, -0.05) is 133 Å². The van der Waals surface area contributed by atoms with Gasteiger partial charge in [0.15, 0.2) is 17.5 Å². The van der Waals surface area contributed by atoms with Crippen molar-refractivity contribution in [3.63, 3.8) is 0 Å². The lowest BCUT2D eigenvalue weighted by atomic mass is 9.95. The molecular weight excluding hydrogens is 647 g/mol. The molecule has 3 nitrogen and oxygen atoms in total. The summed E-state index contributed by atoms with van der Waals surface area (Å²) in [5.41, 5.74) is 7.88. The van der Waals surface area contributed by atoms with Crippen LogP contribution in [0.5, 0.6) is 0 Å². The predicted molar refractivity (Wildman–Crippen MR) is 213 cm³/mol. The van der Waals surface area contributed by atoms with Crippen LogP contribution in [0, 0.1) is 0 Å². The van der Waals surface area contributed by atoms with E-state index in [0.717, 1.165) is 16.7 Å². The van der Waals surface area contributed by atoms with E-state index >= 15 is 0 Å². The first-order chi connectivity index (χ1) is 24.8. The normalized spacial score (nSPS) is 11.6. The van der Waals surface area contributed by atoms with Crippen molar-refractivity contribution in [3.05, 3.63) is 164 Å². The summed E-state index contributed by atoms with van der Waals surface area (Å²) < 4.78 is 5.06. The summed E-state index contributed by atoms with van der Waals surface area (Å²) in [6.45, 7) is 0. The van der Waals surface area contributed by atoms with Crippen molar-refractivity contribution in [2.45, 2.75) is 0 Å². The summed E-state index contributed by atoms with van der Waals surface area (Å²) in [6.07, 6.45) is 0. The van der Waals surface area contributed by atoms with E-state index in [1.54, 1.807) is 11.3 Å². The molecule has 234 valence electrons. The van der Waals surface area contributed by atoms with Gasteiger partial charge in [0.05, 0.1) is 0 Å². The summed E-state index contributed by atoms with van der Waals surface area (Å²) >= 11 is 3.68. The third-order valence-corrected chi connectivity index (χ3v) is 11.8. The van der Waals surface area contributed by atoms with Gasteiger partial charge in [-0.3, -0.25) is 0 Å². The molecule has 0 radical (unpaired) electrons. The molecule has 0 saturated heterocycles. The lowest BCUT2D eigenvalue weighted by molar-refractivity contribution is 1.08. The highest BCUT2D eigenvalue weighted by molar-refractivity contribution is 7.26. The molecule has 0 unspecified atom stereocenters. The van der Waals surface area contributed by atoms with Gasteiger partial charge in [0.1, 0.15) is 0 Å². The van der Waals surface area contributed by atoms with Gasteiger partial charge in [-0.2, -0.15) is 0 Å². The van der Waals surface area contributed by atoms with Crippen LogP contribution in [0.15, 0.2) is 164 Å². The van der Waals surface area contributed by atoms with Crippen LogP contribution in [0.3, 0.4) is 0 Å². The van der Waals surface area contributed by atoms with E-state index in [-0.39, 0.29) is 0 Å². The Bertz CT molecular complexity index is 2800. The second-order valence-corrected chi connectivity index (χ2v) is 14.5. The maximum atomic E-state index is 5.06. The molecule has 0 fully saturated rings. The minimum Gasteiger partial charge on any atom is -0.208 e. The molecule has 0 N–H and O–H groups in total. The van der Waals surface area contributed by atoms with E-state index in [0.29, 0.717) is 17.5 Å². The molecule has 0 bridgehead atoms. The molecular formula is C45H27N3S2. The Balaban J connectivity index is 1.15. The highest BCUT2D eigenvalue weighted by atomic mass is 32.1. The third kappa shape index (κ3) is 4.90. The Morgan fingerprint density at radius 2 is 0.860 bits per heavy atom. The Kier molecular flexibility index (Phi) is 6.86. The number of benzene rings is 7. The van der Waals surface area contributed by atoms with Crippen LogP contribution in [0.25, 0.3) is 96.8 Å². The van der Waals surface area contributed by atoms with Crippen LogP contribution in [0.4, 0.5) is 0 Å². The van der Waals surface area contributed by atoms with E-state index in [9.17, 15) is 0 Å². The lowest BCUT2D eigenvalue weighted by Gasteiger charge is -2.09. The molecule has 0 aliphatic heterocycles. The molecule has 0 amide bonds. The van der Waals surface area contributed by atoms with Crippen LogP contribution >= 0.6 is 22.7 Å². The average molecular weight is 674 g/mol. The van der Waals surface area contributed by atoms with E-state index in [1.165, 1.54) is 62.6 Å². The maximum absolute atomic E-state index is 5.06. The molecule has 50 heavy (non-hydrogen) atoms. The molecule has 3 aromatic heterocycles. The zero-order valence-corrected chi connectivity index (χ0v) is 28.4. The summed E-state index contributed by atoms with van der Waals surface area (Å²) in [6, 6.07) is 57.9. The van der Waals surface area contributed by atoms with Crippen molar-refractivity contribution >= 4 is 63.0 Å². The van der Waals surface area contributed by atoms with Crippen molar-refractivity contribution in [2.75, 3.05) is 0 Å². The minimum atomic E-state index is 0.667. The van der Waals surface area contributed by atoms with Crippen LogP contribution in [-0.4, -0.2) is 15.0 Å². The van der Waals surface area contributed by atoms with E-state index in [2.05, 4.69) is 127 Å². The number of hydrogen-bond donors (Lipinski definition) is 0. The molecule has 10 aromatic rings. The molecule has 5 heteroatoms. The number of aromatic nitrogens is 3. The first-order valence-corrected chi connectivity index (χ1v) is 18.2. The molecule has 0 spiro atoms. The monoisotopic (exact) mass is 673 g/mol. The number of thiophene rings is 2. The fourth-order valence-electron chi connectivity index (χ4n) is 6.91. The first-order valence-electron chi connectivity index (χ1n) is 16.6. The van der Waals surface area contributed by atoms with Crippen LogP contribution < -0.4 is 0 Å². The van der Waals surface area contributed by atoms with E-state index < -0.39 is 0 Å². The standard InChI is InChI=1S/C45H27N3S2/c1-4-13-28(14-5-1)37-25-32(26-38-33-19-10-11-22-39(33)49-42(37)38)31-23-24-34-35-20-12-21-36(41(35)50-40(34)27-31)45-47-43(29-15-6-2-7-16-29)46-44(48-45)30-17-8-3-9-18-30/h1-27H. The van der Waals surface area contributed by atoms with Gasteiger partial charge in [-0.15, -0.1) is 22.7 Å².